The lowest BCUT2D eigenvalue weighted by molar-refractivity contribution is -0.119. The number of allylic oxidation sites excluding steroid dienone is 4. The van der Waals surface area contributed by atoms with E-state index in [4.69, 9.17) is 4.74 Å². The van der Waals surface area contributed by atoms with Gasteiger partial charge in [0.2, 0.25) is 0 Å². The summed E-state index contributed by atoms with van der Waals surface area (Å²) in [4.78, 5) is 26.1. The Morgan fingerprint density at radius 2 is 1.48 bits per heavy atom. The van der Waals surface area contributed by atoms with Crippen LogP contribution in [-0.2, 0) is 9.59 Å². The molecule has 1 aliphatic heterocycles. The van der Waals surface area contributed by atoms with E-state index in [1.54, 1.807) is 0 Å². The standard InChI is InChI=1S/C23H26O4/c1-22(2)9-14(24)20(15(25)10-22)19-13-7-5-6-8-17(13)27-18-12-23(3,4)11-16(26)21(18)19/h5-8,19,24H,9-12H2,1-4H3. The van der Waals surface area contributed by atoms with Crippen molar-refractivity contribution >= 4 is 11.6 Å². The van der Waals surface area contributed by atoms with E-state index >= 15 is 0 Å². The molecule has 0 aromatic heterocycles. The Hall–Kier alpha value is -2.36. The average molecular weight is 366 g/mol. The summed E-state index contributed by atoms with van der Waals surface area (Å²) >= 11 is 0. The lowest BCUT2D eigenvalue weighted by Gasteiger charge is -2.40. The number of benzene rings is 1. The van der Waals surface area contributed by atoms with Crippen LogP contribution in [0.4, 0.5) is 0 Å². The third-order valence-electron chi connectivity index (χ3n) is 5.82. The molecule has 1 heterocycles. The number of hydrogen-bond donors (Lipinski definition) is 1. The first kappa shape index (κ1) is 18.0. The van der Waals surface area contributed by atoms with Crippen molar-refractivity contribution in [2.24, 2.45) is 10.8 Å². The Bertz CT molecular complexity index is 914. The second-order valence-electron chi connectivity index (χ2n) is 9.65. The fourth-order valence-electron chi connectivity index (χ4n) is 4.72. The van der Waals surface area contributed by atoms with Crippen LogP contribution in [0.1, 0.15) is 64.9 Å². The summed E-state index contributed by atoms with van der Waals surface area (Å²) in [6.07, 6.45) is 1.87. The predicted octanol–water partition coefficient (Wildman–Crippen LogP) is 5.01. The molecule has 0 radical (unpaired) electrons. The summed E-state index contributed by atoms with van der Waals surface area (Å²) in [5, 5.41) is 10.8. The molecular formula is C23H26O4. The summed E-state index contributed by atoms with van der Waals surface area (Å²) in [7, 11) is 0. The Morgan fingerprint density at radius 1 is 0.889 bits per heavy atom. The number of fused-ring (bicyclic) bond motifs is 1. The minimum Gasteiger partial charge on any atom is -0.512 e. The van der Waals surface area contributed by atoms with E-state index in [0.717, 1.165) is 5.56 Å². The summed E-state index contributed by atoms with van der Waals surface area (Å²) in [5.74, 6) is 0.843. The molecule has 0 saturated heterocycles. The van der Waals surface area contributed by atoms with Gasteiger partial charge in [-0.05, 0) is 16.9 Å². The van der Waals surface area contributed by atoms with E-state index in [9.17, 15) is 14.7 Å². The largest absolute Gasteiger partial charge is 0.512 e. The van der Waals surface area contributed by atoms with Gasteiger partial charge in [0, 0.05) is 42.4 Å². The maximum atomic E-state index is 13.1. The Kier molecular flexibility index (Phi) is 3.88. The number of rotatable bonds is 1. The molecule has 0 amide bonds. The highest BCUT2D eigenvalue weighted by Gasteiger charge is 2.46. The Labute approximate surface area is 159 Å². The van der Waals surface area contributed by atoms with Crippen LogP contribution in [0.25, 0.3) is 0 Å². The van der Waals surface area contributed by atoms with E-state index in [2.05, 4.69) is 13.8 Å². The predicted molar refractivity (Wildman–Crippen MR) is 103 cm³/mol. The number of aliphatic hydroxyl groups excluding tert-OH is 1. The number of ether oxygens (including phenoxy) is 1. The third-order valence-corrected chi connectivity index (χ3v) is 5.82. The maximum Gasteiger partial charge on any atom is 0.163 e. The first-order valence-corrected chi connectivity index (χ1v) is 9.56. The van der Waals surface area contributed by atoms with E-state index < -0.39 is 5.92 Å². The number of carbonyl (C=O) groups excluding carboxylic acids is 2. The number of aliphatic hydroxyl groups is 1. The van der Waals surface area contributed by atoms with Crippen LogP contribution in [-0.4, -0.2) is 16.7 Å². The number of Topliss-reactive ketones (excluding diaryl/α,β-unsaturated/α-hetero) is 2. The van der Waals surface area contributed by atoms with Gasteiger partial charge in [-0.1, -0.05) is 45.9 Å². The first-order valence-electron chi connectivity index (χ1n) is 9.56. The fourth-order valence-corrected chi connectivity index (χ4v) is 4.72. The summed E-state index contributed by atoms with van der Waals surface area (Å²) < 4.78 is 6.12. The maximum absolute atomic E-state index is 13.1. The van der Waals surface area contributed by atoms with Gasteiger partial charge in [-0.15, -0.1) is 0 Å². The number of carbonyl (C=O) groups is 2. The highest BCUT2D eigenvalue weighted by atomic mass is 16.5. The molecule has 27 heavy (non-hydrogen) atoms. The van der Waals surface area contributed by atoms with Crippen LogP contribution in [0.2, 0.25) is 0 Å². The van der Waals surface area contributed by atoms with E-state index in [-0.39, 0.29) is 28.2 Å². The van der Waals surface area contributed by atoms with E-state index in [0.29, 0.717) is 48.3 Å². The second-order valence-corrected chi connectivity index (χ2v) is 9.65. The van der Waals surface area contributed by atoms with Gasteiger partial charge in [0.15, 0.2) is 11.6 Å². The summed E-state index contributed by atoms with van der Waals surface area (Å²) in [6.45, 7) is 8.07. The molecule has 0 fully saturated rings. The van der Waals surface area contributed by atoms with Crippen molar-refractivity contribution in [1.82, 2.24) is 0 Å². The zero-order valence-electron chi connectivity index (χ0n) is 16.4. The van der Waals surface area contributed by atoms with Crippen LogP contribution in [0.3, 0.4) is 0 Å². The van der Waals surface area contributed by atoms with Gasteiger partial charge >= 0.3 is 0 Å². The normalized spacial score (nSPS) is 26.4. The number of hydrogen-bond acceptors (Lipinski definition) is 4. The Balaban J connectivity index is 1.93. The second kappa shape index (κ2) is 5.82. The molecule has 4 rings (SSSR count). The van der Waals surface area contributed by atoms with Crippen molar-refractivity contribution in [3.05, 3.63) is 52.5 Å². The zero-order valence-corrected chi connectivity index (χ0v) is 16.4. The van der Waals surface area contributed by atoms with Gasteiger partial charge in [0.25, 0.3) is 0 Å². The van der Waals surface area contributed by atoms with Crippen LogP contribution in [0.5, 0.6) is 5.75 Å². The van der Waals surface area contributed by atoms with E-state index in [1.807, 2.05) is 38.1 Å². The average Bonchev–Trinajstić information content (AvgIpc) is 2.50. The molecule has 4 heteroatoms. The van der Waals surface area contributed by atoms with Gasteiger partial charge in [-0.3, -0.25) is 9.59 Å². The molecule has 0 spiro atoms. The number of ketones is 2. The lowest BCUT2D eigenvalue weighted by Crippen LogP contribution is -2.36. The summed E-state index contributed by atoms with van der Waals surface area (Å²) in [6, 6.07) is 7.53. The molecule has 2 aliphatic carbocycles. The zero-order chi connectivity index (χ0) is 19.6. The molecule has 1 unspecified atom stereocenters. The van der Waals surface area contributed by atoms with Crippen molar-refractivity contribution in [2.45, 2.75) is 59.3 Å². The van der Waals surface area contributed by atoms with Crippen LogP contribution >= 0.6 is 0 Å². The Morgan fingerprint density at radius 3 is 2.15 bits per heavy atom. The first-order chi connectivity index (χ1) is 12.6. The van der Waals surface area contributed by atoms with Crippen molar-refractivity contribution < 1.29 is 19.4 Å². The van der Waals surface area contributed by atoms with Crippen LogP contribution in [0, 0.1) is 10.8 Å². The molecule has 142 valence electrons. The van der Waals surface area contributed by atoms with Crippen LogP contribution in [0.15, 0.2) is 46.9 Å². The van der Waals surface area contributed by atoms with Gasteiger partial charge in [0.1, 0.15) is 17.3 Å². The van der Waals surface area contributed by atoms with Crippen molar-refractivity contribution in [2.75, 3.05) is 0 Å². The van der Waals surface area contributed by atoms with Gasteiger partial charge in [0.05, 0.1) is 5.92 Å². The quantitative estimate of drug-likeness (QED) is 0.759. The fraction of sp³-hybridized carbons (Fsp3) is 0.478. The lowest BCUT2D eigenvalue weighted by atomic mass is 9.66. The molecule has 3 aliphatic rings. The molecule has 4 nitrogen and oxygen atoms in total. The molecule has 1 atom stereocenters. The highest BCUT2D eigenvalue weighted by Crippen LogP contribution is 2.52. The minimum atomic E-state index is -0.530. The van der Waals surface area contributed by atoms with Crippen molar-refractivity contribution in [3.8, 4) is 5.75 Å². The van der Waals surface area contributed by atoms with Gasteiger partial charge in [-0.25, -0.2) is 0 Å². The molecule has 1 N–H and O–H groups in total. The minimum absolute atomic E-state index is 0.0127. The highest BCUT2D eigenvalue weighted by molar-refractivity contribution is 6.06. The van der Waals surface area contributed by atoms with Crippen LogP contribution < -0.4 is 4.74 Å². The van der Waals surface area contributed by atoms with Gasteiger partial charge < -0.3 is 9.84 Å². The van der Waals surface area contributed by atoms with Crippen molar-refractivity contribution in [1.29, 1.82) is 0 Å². The third kappa shape index (κ3) is 3.01. The molecule has 1 aromatic rings. The molecule has 0 saturated carbocycles. The molecular weight excluding hydrogens is 340 g/mol. The smallest absolute Gasteiger partial charge is 0.163 e. The van der Waals surface area contributed by atoms with E-state index in [1.165, 1.54) is 0 Å². The molecule has 0 bridgehead atoms. The summed E-state index contributed by atoms with van der Waals surface area (Å²) in [5.41, 5.74) is 1.28. The van der Waals surface area contributed by atoms with Crippen molar-refractivity contribution in [3.63, 3.8) is 0 Å². The molecule has 1 aromatic carbocycles. The SMILES string of the molecule is CC1(C)CC(=O)C(C2C3=C(CC(C)(C)CC3=O)Oc3ccccc32)=C(O)C1. The number of para-hydroxylation sites is 1. The monoisotopic (exact) mass is 366 g/mol. The van der Waals surface area contributed by atoms with Gasteiger partial charge in [-0.2, -0.15) is 0 Å². The topological polar surface area (TPSA) is 63.6 Å².